The molecule has 176 valence electrons. The molecule has 1 saturated carbocycles. The van der Waals surface area contributed by atoms with Crippen molar-refractivity contribution < 1.29 is 24.5 Å². The third kappa shape index (κ3) is 4.27. The van der Waals surface area contributed by atoms with Crippen molar-refractivity contribution in [3.05, 3.63) is 42.0 Å². The van der Waals surface area contributed by atoms with Gasteiger partial charge in [0.1, 0.15) is 23.7 Å². The number of benzene rings is 1. The Hall–Kier alpha value is -1.69. The van der Waals surface area contributed by atoms with E-state index in [0.717, 1.165) is 19.1 Å². The van der Waals surface area contributed by atoms with E-state index in [9.17, 15) is 15.0 Å². The molecule has 2 bridgehead atoms. The van der Waals surface area contributed by atoms with Crippen LogP contribution in [0.15, 0.2) is 36.4 Å². The molecule has 2 saturated heterocycles. The highest BCUT2D eigenvalue weighted by Gasteiger charge is 2.59. The number of carbonyl (C=O) groups excluding carboxylic acids is 1. The Morgan fingerprint density at radius 1 is 1.16 bits per heavy atom. The standard InChI is InChI=1S/C27H38O5/c1-16(2)20-11-6-17(3)23-21-14-27(5,30)22(31-19-9-7-18(15-28)8-10-19)12-13-26(4,29)25(32-21)24(20)23/h7-10,15-16,20-25,29-30H,3,6,11-14H2,1-2,4-5H3/t20-,21-,22+,23-,24-,25-,26-,27+/m1/s1. The lowest BCUT2D eigenvalue weighted by Gasteiger charge is -2.45. The second kappa shape index (κ2) is 8.58. The third-order valence-corrected chi connectivity index (χ3v) is 8.24. The highest BCUT2D eigenvalue weighted by Crippen LogP contribution is 2.55. The van der Waals surface area contributed by atoms with Gasteiger partial charge in [0.2, 0.25) is 0 Å². The van der Waals surface area contributed by atoms with E-state index in [-0.39, 0.29) is 24.0 Å². The molecule has 2 aliphatic heterocycles. The smallest absolute Gasteiger partial charge is 0.150 e. The molecule has 1 aromatic rings. The number of rotatable bonds is 4. The number of aliphatic hydroxyl groups is 2. The molecule has 0 aromatic heterocycles. The monoisotopic (exact) mass is 442 g/mol. The van der Waals surface area contributed by atoms with E-state index in [1.165, 1.54) is 5.57 Å². The largest absolute Gasteiger partial charge is 0.487 e. The number of carbonyl (C=O) groups is 1. The van der Waals surface area contributed by atoms with Gasteiger partial charge in [0, 0.05) is 17.9 Å². The maximum Gasteiger partial charge on any atom is 0.150 e. The Labute approximate surface area is 191 Å². The topological polar surface area (TPSA) is 76.0 Å². The Morgan fingerprint density at radius 2 is 1.84 bits per heavy atom. The minimum absolute atomic E-state index is 0.143. The average Bonchev–Trinajstić information content (AvgIpc) is 3.12. The Kier molecular flexibility index (Phi) is 6.30. The fraction of sp³-hybridized carbons (Fsp3) is 0.667. The van der Waals surface area contributed by atoms with Gasteiger partial charge in [0.25, 0.3) is 0 Å². The van der Waals surface area contributed by atoms with E-state index in [0.29, 0.717) is 42.4 Å². The molecule has 5 heteroatoms. The second-order valence-electron chi connectivity index (χ2n) is 11.1. The molecule has 0 radical (unpaired) electrons. The van der Waals surface area contributed by atoms with Gasteiger partial charge in [-0.3, -0.25) is 4.79 Å². The molecule has 0 unspecified atom stereocenters. The van der Waals surface area contributed by atoms with E-state index in [1.807, 2.05) is 13.8 Å². The van der Waals surface area contributed by atoms with E-state index in [2.05, 4.69) is 20.4 Å². The number of ether oxygens (including phenoxy) is 2. The van der Waals surface area contributed by atoms with Gasteiger partial charge >= 0.3 is 0 Å². The first-order chi connectivity index (χ1) is 15.0. The molecule has 2 heterocycles. The molecular formula is C27H38O5. The summed E-state index contributed by atoms with van der Waals surface area (Å²) in [6.07, 6.45) is 3.29. The molecule has 0 spiro atoms. The number of hydrogen-bond acceptors (Lipinski definition) is 5. The maximum atomic E-state index is 11.6. The van der Waals surface area contributed by atoms with Crippen LogP contribution >= 0.6 is 0 Å². The molecule has 32 heavy (non-hydrogen) atoms. The fourth-order valence-electron chi connectivity index (χ4n) is 6.44. The first-order valence-electron chi connectivity index (χ1n) is 12.0. The van der Waals surface area contributed by atoms with Gasteiger partial charge in [-0.1, -0.05) is 26.0 Å². The number of fused-ring (bicyclic) bond motifs is 5. The molecule has 1 aliphatic carbocycles. The van der Waals surface area contributed by atoms with Crippen LogP contribution in [0.2, 0.25) is 0 Å². The summed E-state index contributed by atoms with van der Waals surface area (Å²) in [5.74, 6) is 1.95. The highest BCUT2D eigenvalue weighted by atomic mass is 16.5. The third-order valence-electron chi connectivity index (χ3n) is 8.24. The van der Waals surface area contributed by atoms with Crippen molar-refractivity contribution in [3.63, 3.8) is 0 Å². The van der Waals surface area contributed by atoms with Crippen LogP contribution in [0.3, 0.4) is 0 Å². The van der Waals surface area contributed by atoms with Crippen LogP contribution < -0.4 is 4.74 Å². The summed E-state index contributed by atoms with van der Waals surface area (Å²) in [6, 6.07) is 6.91. The van der Waals surface area contributed by atoms with Crippen molar-refractivity contribution in [1.82, 2.24) is 0 Å². The lowest BCUT2D eigenvalue weighted by Crippen LogP contribution is -2.51. The van der Waals surface area contributed by atoms with Crippen LogP contribution in [0.5, 0.6) is 5.75 Å². The summed E-state index contributed by atoms with van der Waals surface area (Å²) >= 11 is 0. The van der Waals surface area contributed by atoms with Gasteiger partial charge in [-0.05, 0) is 81.5 Å². The van der Waals surface area contributed by atoms with Crippen LogP contribution in [0.25, 0.3) is 0 Å². The van der Waals surface area contributed by atoms with Crippen molar-refractivity contribution in [2.24, 2.45) is 23.7 Å². The van der Waals surface area contributed by atoms with Crippen LogP contribution in [0.4, 0.5) is 0 Å². The Bertz CT molecular complexity index is 840. The minimum atomic E-state index is -1.14. The van der Waals surface area contributed by atoms with Gasteiger partial charge in [-0.2, -0.15) is 0 Å². The van der Waals surface area contributed by atoms with Gasteiger partial charge < -0.3 is 19.7 Å². The van der Waals surface area contributed by atoms with E-state index in [4.69, 9.17) is 9.47 Å². The van der Waals surface area contributed by atoms with Gasteiger partial charge in [-0.15, -0.1) is 0 Å². The fourth-order valence-corrected chi connectivity index (χ4v) is 6.44. The van der Waals surface area contributed by atoms with Crippen LogP contribution in [0.1, 0.15) is 70.2 Å². The first-order valence-corrected chi connectivity index (χ1v) is 12.0. The molecule has 1 aromatic carbocycles. The van der Waals surface area contributed by atoms with Gasteiger partial charge in [0.05, 0.1) is 17.8 Å². The van der Waals surface area contributed by atoms with Crippen molar-refractivity contribution >= 4 is 6.29 Å². The molecule has 8 atom stereocenters. The van der Waals surface area contributed by atoms with E-state index < -0.39 is 17.3 Å². The SMILES string of the molecule is C=C1CC[C@H](C(C)C)[C@@H]2[C@H]1[C@H]1C[C@](C)(O)[C@@H](Oc3ccc(C=O)cc3)CC[C@@](C)(O)[C@@H]2O1. The quantitative estimate of drug-likeness (QED) is 0.528. The summed E-state index contributed by atoms with van der Waals surface area (Å²) in [4.78, 5) is 11.0. The first kappa shape index (κ1) is 23.5. The number of aldehydes is 1. The van der Waals surface area contributed by atoms with Crippen molar-refractivity contribution in [2.75, 3.05) is 0 Å². The molecule has 4 rings (SSSR count). The molecule has 2 N–H and O–H groups in total. The average molecular weight is 443 g/mol. The second-order valence-corrected chi connectivity index (χ2v) is 11.1. The summed E-state index contributed by atoms with van der Waals surface area (Å²) in [5.41, 5.74) is -0.396. The van der Waals surface area contributed by atoms with Crippen molar-refractivity contribution in [1.29, 1.82) is 0 Å². The predicted octanol–water partition coefficient (Wildman–Crippen LogP) is 4.55. The molecular weight excluding hydrogens is 404 g/mol. The number of hydrogen-bond donors (Lipinski definition) is 2. The van der Waals surface area contributed by atoms with Crippen LogP contribution in [-0.4, -0.2) is 46.0 Å². The summed E-state index contributed by atoms with van der Waals surface area (Å²) in [7, 11) is 0. The van der Waals surface area contributed by atoms with Crippen molar-refractivity contribution in [2.45, 2.75) is 89.3 Å². The van der Waals surface area contributed by atoms with Gasteiger partial charge in [-0.25, -0.2) is 0 Å². The Balaban J connectivity index is 1.65. The summed E-state index contributed by atoms with van der Waals surface area (Å²) < 4.78 is 12.8. The highest BCUT2D eigenvalue weighted by molar-refractivity contribution is 5.74. The normalized spacial score (nSPS) is 42.0. The molecule has 3 aliphatic rings. The maximum absolute atomic E-state index is 11.6. The summed E-state index contributed by atoms with van der Waals surface area (Å²) in [5, 5.41) is 23.2. The van der Waals surface area contributed by atoms with Gasteiger partial charge in [0.15, 0.2) is 0 Å². The lowest BCUT2D eigenvalue weighted by atomic mass is 9.60. The molecule has 5 nitrogen and oxygen atoms in total. The van der Waals surface area contributed by atoms with E-state index in [1.54, 1.807) is 24.3 Å². The minimum Gasteiger partial charge on any atom is -0.487 e. The zero-order valence-corrected chi connectivity index (χ0v) is 19.8. The zero-order chi connectivity index (χ0) is 23.3. The predicted molar refractivity (Wildman–Crippen MR) is 124 cm³/mol. The Morgan fingerprint density at radius 3 is 2.47 bits per heavy atom. The van der Waals surface area contributed by atoms with Crippen LogP contribution in [0, 0.1) is 23.7 Å². The summed E-state index contributed by atoms with van der Waals surface area (Å²) in [6.45, 7) is 12.6. The van der Waals surface area contributed by atoms with Crippen molar-refractivity contribution in [3.8, 4) is 5.75 Å². The molecule has 0 amide bonds. The lowest BCUT2D eigenvalue weighted by molar-refractivity contribution is -0.120. The van der Waals surface area contributed by atoms with Crippen LogP contribution in [-0.2, 0) is 4.74 Å². The molecule has 3 fully saturated rings. The van der Waals surface area contributed by atoms with E-state index >= 15 is 0 Å². The zero-order valence-electron chi connectivity index (χ0n) is 19.8.